The lowest BCUT2D eigenvalue weighted by Gasteiger charge is -2.38. The van der Waals surface area contributed by atoms with E-state index in [0.29, 0.717) is 5.92 Å². The van der Waals surface area contributed by atoms with Crippen molar-refractivity contribution in [1.82, 2.24) is 15.1 Å². The molecule has 0 radical (unpaired) electrons. The molecule has 0 aliphatic heterocycles. The highest BCUT2D eigenvalue weighted by Gasteiger charge is 2.37. The highest BCUT2D eigenvalue weighted by atomic mass is 19.4. The van der Waals surface area contributed by atoms with Crippen molar-refractivity contribution in [1.29, 1.82) is 0 Å². The molecule has 1 aliphatic rings. The SMILES string of the molecule is CC(C)(C)NCC1CCC1n1cc(C(F)(F)F)cn1. The monoisotopic (exact) mass is 275 g/mol. The average Bonchev–Trinajstić information content (AvgIpc) is 2.62. The van der Waals surface area contributed by atoms with Gasteiger partial charge in [0.15, 0.2) is 0 Å². The Morgan fingerprint density at radius 2 is 2.00 bits per heavy atom. The zero-order valence-electron chi connectivity index (χ0n) is 11.5. The highest BCUT2D eigenvalue weighted by molar-refractivity contribution is 5.09. The molecule has 0 bridgehead atoms. The Bertz CT molecular complexity index is 431. The van der Waals surface area contributed by atoms with Gasteiger partial charge in [-0.3, -0.25) is 4.68 Å². The number of rotatable bonds is 3. The van der Waals surface area contributed by atoms with Crippen LogP contribution in [0.3, 0.4) is 0 Å². The van der Waals surface area contributed by atoms with Crippen LogP contribution in [0.15, 0.2) is 12.4 Å². The molecule has 1 aromatic heterocycles. The lowest BCUT2D eigenvalue weighted by atomic mass is 9.79. The summed E-state index contributed by atoms with van der Waals surface area (Å²) in [5.41, 5.74) is -0.636. The predicted octanol–water partition coefficient (Wildman–Crippen LogP) is 3.24. The smallest absolute Gasteiger partial charge is 0.312 e. The van der Waals surface area contributed by atoms with E-state index in [9.17, 15) is 13.2 Å². The molecule has 1 aromatic rings. The van der Waals surface area contributed by atoms with E-state index in [2.05, 4.69) is 31.2 Å². The van der Waals surface area contributed by atoms with Crippen LogP contribution >= 0.6 is 0 Å². The number of halogens is 3. The molecule has 0 spiro atoms. The van der Waals surface area contributed by atoms with E-state index in [4.69, 9.17) is 0 Å². The number of hydrogen-bond donors (Lipinski definition) is 1. The van der Waals surface area contributed by atoms with Crippen LogP contribution < -0.4 is 5.32 Å². The number of alkyl halides is 3. The Balaban J connectivity index is 1.97. The summed E-state index contributed by atoms with van der Waals surface area (Å²) in [5.74, 6) is 0.361. The quantitative estimate of drug-likeness (QED) is 0.917. The van der Waals surface area contributed by atoms with Crippen molar-refractivity contribution in [3.63, 3.8) is 0 Å². The fourth-order valence-electron chi connectivity index (χ4n) is 2.24. The van der Waals surface area contributed by atoms with E-state index >= 15 is 0 Å². The number of aromatic nitrogens is 2. The molecule has 0 amide bonds. The molecular weight excluding hydrogens is 255 g/mol. The zero-order chi connectivity index (χ0) is 14.3. The molecule has 2 rings (SSSR count). The molecule has 1 saturated carbocycles. The summed E-state index contributed by atoms with van der Waals surface area (Å²) in [7, 11) is 0. The minimum absolute atomic E-state index is 0.0292. The zero-order valence-corrected chi connectivity index (χ0v) is 11.5. The largest absolute Gasteiger partial charge is 0.419 e. The van der Waals surface area contributed by atoms with E-state index in [1.165, 1.54) is 4.68 Å². The van der Waals surface area contributed by atoms with Crippen LogP contribution in [0.25, 0.3) is 0 Å². The normalized spacial score (nSPS) is 24.3. The Morgan fingerprint density at radius 1 is 1.32 bits per heavy atom. The van der Waals surface area contributed by atoms with Crippen molar-refractivity contribution in [3.05, 3.63) is 18.0 Å². The van der Waals surface area contributed by atoms with Crippen molar-refractivity contribution in [3.8, 4) is 0 Å². The van der Waals surface area contributed by atoms with Crippen LogP contribution in [0.1, 0.15) is 45.2 Å². The maximum Gasteiger partial charge on any atom is 0.419 e. The standard InChI is InChI=1S/C13H20F3N3/c1-12(2,3)17-6-9-4-5-11(9)19-8-10(7-18-19)13(14,15)16/h7-9,11,17H,4-6H2,1-3H3. The van der Waals surface area contributed by atoms with Crippen molar-refractivity contribution in [2.45, 2.75) is 51.4 Å². The summed E-state index contributed by atoms with van der Waals surface area (Å²) < 4.78 is 39.0. The molecule has 0 aromatic carbocycles. The molecule has 2 atom stereocenters. The second kappa shape index (κ2) is 4.81. The number of nitrogens with one attached hydrogen (secondary N) is 1. The first-order valence-corrected chi connectivity index (χ1v) is 6.53. The number of hydrogen-bond acceptors (Lipinski definition) is 2. The van der Waals surface area contributed by atoms with Crippen LogP contribution in [0.4, 0.5) is 13.2 Å². The van der Waals surface area contributed by atoms with Crippen molar-refractivity contribution < 1.29 is 13.2 Å². The van der Waals surface area contributed by atoms with Gasteiger partial charge in [0, 0.05) is 18.3 Å². The van der Waals surface area contributed by atoms with E-state index in [1.54, 1.807) is 0 Å². The first kappa shape index (κ1) is 14.4. The Hall–Kier alpha value is -1.04. The lowest BCUT2D eigenvalue weighted by Crippen LogP contribution is -2.44. The van der Waals surface area contributed by atoms with E-state index in [-0.39, 0.29) is 11.6 Å². The van der Waals surface area contributed by atoms with Gasteiger partial charge in [-0.05, 0) is 39.5 Å². The molecule has 19 heavy (non-hydrogen) atoms. The first-order chi connectivity index (χ1) is 8.67. The molecule has 0 saturated heterocycles. The molecule has 6 heteroatoms. The third-order valence-electron chi connectivity index (χ3n) is 3.54. The maximum absolute atomic E-state index is 12.5. The molecule has 1 aliphatic carbocycles. The molecule has 1 N–H and O–H groups in total. The summed E-state index contributed by atoms with van der Waals surface area (Å²) in [5, 5.41) is 7.27. The number of nitrogens with zero attached hydrogens (tertiary/aromatic N) is 2. The van der Waals surface area contributed by atoms with Gasteiger partial charge in [0.25, 0.3) is 0 Å². The fraction of sp³-hybridized carbons (Fsp3) is 0.769. The van der Waals surface area contributed by atoms with Crippen LogP contribution in [-0.2, 0) is 6.18 Å². The lowest BCUT2D eigenvalue weighted by molar-refractivity contribution is -0.137. The minimum Gasteiger partial charge on any atom is -0.312 e. The van der Waals surface area contributed by atoms with Crippen LogP contribution in [0, 0.1) is 5.92 Å². The van der Waals surface area contributed by atoms with Crippen molar-refractivity contribution >= 4 is 0 Å². The van der Waals surface area contributed by atoms with Gasteiger partial charge in [-0.15, -0.1) is 0 Å². The Labute approximate surface area is 111 Å². The first-order valence-electron chi connectivity index (χ1n) is 6.53. The van der Waals surface area contributed by atoms with E-state index in [1.807, 2.05) is 0 Å². The second-order valence-electron chi connectivity index (χ2n) is 6.24. The van der Waals surface area contributed by atoms with Gasteiger partial charge in [0.2, 0.25) is 0 Å². The highest BCUT2D eigenvalue weighted by Crippen LogP contribution is 2.39. The van der Waals surface area contributed by atoms with Crippen molar-refractivity contribution in [2.75, 3.05) is 6.54 Å². The second-order valence-corrected chi connectivity index (χ2v) is 6.24. The third kappa shape index (κ3) is 3.49. The van der Waals surface area contributed by atoms with Gasteiger partial charge in [-0.25, -0.2) is 0 Å². The molecule has 2 unspecified atom stereocenters. The fourth-order valence-corrected chi connectivity index (χ4v) is 2.24. The molecule has 3 nitrogen and oxygen atoms in total. The van der Waals surface area contributed by atoms with Gasteiger partial charge < -0.3 is 5.32 Å². The molecule has 1 fully saturated rings. The molecular formula is C13H20F3N3. The topological polar surface area (TPSA) is 29.9 Å². The minimum atomic E-state index is -4.30. The van der Waals surface area contributed by atoms with E-state index in [0.717, 1.165) is 31.8 Å². The van der Waals surface area contributed by atoms with Gasteiger partial charge >= 0.3 is 6.18 Å². The summed E-state index contributed by atoms with van der Waals surface area (Å²) in [6.07, 6.45) is -0.341. The van der Waals surface area contributed by atoms with Crippen molar-refractivity contribution in [2.24, 2.45) is 5.92 Å². The van der Waals surface area contributed by atoms with Gasteiger partial charge in [-0.2, -0.15) is 18.3 Å². The van der Waals surface area contributed by atoms with Crippen LogP contribution in [-0.4, -0.2) is 21.9 Å². The van der Waals surface area contributed by atoms with Crippen LogP contribution in [0.5, 0.6) is 0 Å². The molecule has 1 heterocycles. The van der Waals surface area contributed by atoms with Crippen LogP contribution in [0.2, 0.25) is 0 Å². The molecule has 108 valence electrons. The third-order valence-corrected chi connectivity index (χ3v) is 3.54. The summed E-state index contributed by atoms with van der Waals surface area (Å²) in [6.45, 7) is 7.05. The van der Waals surface area contributed by atoms with Gasteiger partial charge in [0.05, 0.1) is 17.8 Å². The summed E-state index contributed by atoms with van der Waals surface area (Å²) in [4.78, 5) is 0. The van der Waals surface area contributed by atoms with E-state index < -0.39 is 11.7 Å². The van der Waals surface area contributed by atoms with Gasteiger partial charge in [-0.1, -0.05) is 0 Å². The maximum atomic E-state index is 12.5. The predicted molar refractivity (Wildman–Crippen MR) is 66.7 cm³/mol. The van der Waals surface area contributed by atoms with Gasteiger partial charge in [0.1, 0.15) is 0 Å². The average molecular weight is 275 g/mol. The Kier molecular flexibility index (Phi) is 3.64. The summed E-state index contributed by atoms with van der Waals surface area (Å²) in [6, 6.07) is 0.0888. The Morgan fingerprint density at radius 3 is 2.42 bits per heavy atom. The summed E-state index contributed by atoms with van der Waals surface area (Å²) >= 11 is 0.